The van der Waals surface area contributed by atoms with E-state index in [0.717, 1.165) is 17.0 Å². The Balaban J connectivity index is 1.56. The predicted octanol–water partition coefficient (Wildman–Crippen LogP) is 3.25. The lowest BCUT2D eigenvalue weighted by Gasteiger charge is -2.11. The fourth-order valence-corrected chi connectivity index (χ4v) is 2.50. The van der Waals surface area contributed by atoms with Crippen LogP contribution in [0.15, 0.2) is 72.0 Å². The minimum absolute atomic E-state index is 0.0611. The summed E-state index contributed by atoms with van der Waals surface area (Å²) in [4.78, 5) is 12.3. The van der Waals surface area contributed by atoms with Crippen molar-refractivity contribution in [3.05, 3.63) is 83.8 Å². The highest BCUT2D eigenvalue weighted by Crippen LogP contribution is 2.15. The number of benzene rings is 1. The number of rotatable bonds is 6. The van der Waals surface area contributed by atoms with Gasteiger partial charge >= 0.3 is 0 Å². The highest BCUT2D eigenvalue weighted by Gasteiger charge is 2.12. The molecule has 0 bridgehead atoms. The van der Waals surface area contributed by atoms with Crippen LogP contribution in [0.1, 0.15) is 16.8 Å². The molecule has 2 heterocycles. The van der Waals surface area contributed by atoms with Crippen molar-refractivity contribution < 1.29 is 9.47 Å². The zero-order chi connectivity index (χ0) is 19.8. The number of nitrogens with two attached hydrogens (primary N) is 1. The third kappa shape index (κ3) is 5.14. The molecule has 142 valence electrons. The Hall–Kier alpha value is -3.74. The van der Waals surface area contributed by atoms with Gasteiger partial charge in [0.15, 0.2) is 5.90 Å². The number of aliphatic imine (C=N–C) groups is 1. The first kappa shape index (κ1) is 19.0. The second-order valence-corrected chi connectivity index (χ2v) is 5.92. The Bertz CT molecular complexity index is 956. The van der Waals surface area contributed by atoms with Gasteiger partial charge in [0.1, 0.15) is 18.2 Å². The molecule has 7 heteroatoms. The molecule has 0 amide bonds. The van der Waals surface area contributed by atoms with Crippen LogP contribution in [-0.4, -0.2) is 28.8 Å². The Labute approximate surface area is 163 Å². The van der Waals surface area contributed by atoms with Crippen LogP contribution in [0.5, 0.6) is 5.75 Å². The van der Waals surface area contributed by atoms with Crippen molar-refractivity contribution >= 4 is 17.6 Å². The highest BCUT2D eigenvalue weighted by molar-refractivity contribution is 6.04. The summed E-state index contributed by atoms with van der Waals surface area (Å²) in [5.41, 5.74) is 8.20. The van der Waals surface area contributed by atoms with Crippen molar-refractivity contribution in [1.29, 1.82) is 5.41 Å². The molecule has 0 unspecified atom stereocenters. The summed E-state index contributed by atoms with van der Waals surface area (Å²) in [6.07, 6.45) is 3.65. The van der Waals surface area contributed by atoms with E-state index >= 15 is 0 Å². The van der Waals surface area contributed by atoms with Crippen LogP contribution in [0.2, 0.25) is 0 Å². The van der Waals surface area contributed by atoms with Gasteiger partial charge in [-0.3, -0.25) is 15.4 Å². The molecule has 3 aromatic rings. The molecule has 0 radical (unpaired) electrons. The van der Waals surface area contributed by atoms with E-state index in [2.05, 4.69) is 15.0 Å². The average molecular weight is 375 g/mol. The van der Waals surface area contributed by atoms with E-state index < -0.39 is 0 Å². The summed E-state index contributed by atoms with van der Waals surface area (Å²) >= 11 is 0. The number of ether oxygens (including phenoxy) is 2. The summed E-state index contributed by atoms with van der Waals surface area (Å²) in [6.45, 7) is 0.405. The van der Waals surface area contributed by atoms with E-state index in [4.69, 9.17) is 20.6 Å². The molecular weight excluding hydrogens is 354 g/mol. The number of hydrogen-bond acceptors (Lipinski definition) is 7. The molecule has 0 spiro atoms. The molecule has 28 heavy (non-hydrogen) atoms. The van der Waals surface area contributed by atoms with Crippen molar-refractivity contribution in [2.75, 3.05) is 12.8 Å². The second-order valence-electron chi connectivity index (χ2n) is 5.92. The Morgan fingerprint density at radius 1 is 1.04 bits per heavy atom. The third-order valence-corrected chi connectivity index (χ3v) is 3.89. The van der Waals surface area contributed by atoms with Gasteiger partial charge in [-0.15, -0.1) is 0 Å². The lowest BCUT2D eigenvalue weighted by molar-refractivity contribution is 0.301. The maximum absolute atomic E-state index is 8.12. The Kier molecular flexibility index (Phi) is 6.30. The van der Waals surface area contributed by atoms with Crippen molar-refractivity contribution in [1.82, 2.24) is 9.97 Å². The molecule has 3 N–H and O–H groups in total. The van der Waals surface area contributed by atoms with E-state index in [1.807, 2.05) is 42.5 Å². The van der Waals surface area contributed by atoms with E-state index in [0.29, 0.717) is 24.4 Å². The van der Waals surface area contributed by atoms with Gasteiger partial charge in [-0.1, -0.05) is 18.2 Å². The number of nitrogens with one attached hydrogen (secondary N) is 1. The third-order valence-electron chi connectivity index (χ3n) is 3.89. The monoisotopic (exact) mass is 375 g/mol. The zero-order valence-electron chi connectivity index (χ0n) is 15.5. The quantitative estimate of drug-likeness (QED) is 0.508. The molecule has 0 saturated heterocycles. The van der Waals surface area contributed by atoms with Gasteiger partial charge in [0.05, 0.1) is 11.3 Å². The summed E-state index contributed by atoms with van der Waals surface area (Å²) in [5, 5.41) is 8.12. The molecule has 0 fully saturated rings. The zero-order valence-corrected chi connectivity index (χ0v) is 15.5. The van der Waals surface area contributed by atoms with Gasteiger partial charge in [-0.05, 0) is 42.0 Å². The first-order valence-corrected chi connectivity index (χ1v) is 8.70. The fourth-order valence-electron chi connectivity index (χ4n) is 2.50. The topological polar surface area (TPSA) is 106 Å². The number of pyridine rings is 2. The van der Waals surface area contributed by atoms with E-state index in [9.17, 15) is 0 Å². The molecule has 0 saturated carbocycles. The number of anilines is 1. The van der Waals surface area contributed by atoms with Crippen LogP contribution < -0.4 is 10.5 Å². The van der Waals surface area contributed by atoms with E-state index in [-0.39, 0.29) is 11.8 Å². The lowest BCUT2D eigenvalue weighted by Crippen LogP contribution is -2.17. The van der Waals surface area contributed by atoms with Crippen LogP contribution in [0, 0.1) is 5.41 Å². The fraction of sp³-hybridized carbons (Fsp3) is 0.143. The summed E-state index contributed by atoms with van der Waals surface area (Å²) in [6, 6.07) is 16.7. The summed E-state index contributed by atoms with van der Waals surface area (Å²) < 4.78 is 11.3. The van der Waals surface area contributed by atoms with Crippen molar-refractivity contribution in [2.45, 2.75) is 13.0 Å². The van der Waals surface area contributed by atoms with Gasteiger partial charge in [0.25, 0.3) is 0 Å². The predicted molar refractivity (Wildman–Crippen MR) is 109 cm³/mol. The molecule has 1 aromatic carbocycles. The van der Waals surface area contributed by atoms with Gasteiger partial charge in [-0.25, -0.2) is 4.98 Å². The van der Waals surface area contributed by atoms with Crippen LogP contribution >= 0.6 is 0 Å². The van der Waals surface area contributed by atoms with Crippen molar-refractivity contribution in [3.8, 4) is 5.75 Å². The molecular formula is C21H21N5O2. The molecule has 0 aliphatic heterocycles. The molecule has 7 nitrogen and oxygen atoms in total. The van der Waals surface area contributed by atoms with Crippen molar-refractivity contribution in [2.24, 2.45) is 4.99 Å². The number of hydrogen-bond donors (Lipinski definition) is 2. The Morgan fingerprint density at radius 2 is 1.82 bits per heavy atom. The first-order chi connectivity index (χ1) is 13.7. The molecule has 0 aliphatic rings. The number of aromatic nitrogens is 2. The van der Waals surface area contributed by atoms with Gasteiger partial charge < -0.3 is 15.2 Å². The average Bonchev–Trinajstić information content (AvgIpc) is 2.73. The van der Waals surface area contributed by atoms with Gasteiger partial charge in [-0.2, -0.15) is 0 Å². The summed E-state index contributed by atoms with van der Waals surface area (Å²) in [7, 11) is 1.59. The highest BCUT2D eigenvalue weighted by atomic mass is 16.5. The number of nitrogens with zero attached hydrogens (tertiary/aromatic N) is 3. The Morgan fingerprint density at radius 3 is 2.50 bits per heavy atom. The maximum Gasteiger partial charge on any atom is 0.227 e. The van der Waals surface area contributed by atoms with Gasteiger partial charge in [0.2, 0.25) is 5.90 Å². The standard InChI is InChI=1S/C21H21N5O2/c1-24-21(18-6-4-12-26-20(18)23)28-19(22)13-15-7-9-17(10-8-15)27-14-16-5-2-3-11-25-16/h2-12,22H,13-14H2,1H3,(H2,23,26)/b22-19?,24-21-. The summed E-state index contributed by atoms with van der Waals surface area (Å²) in [5.74, 6) is 1.38. The van der Waals surface area contributed by atoms with Crippen LogP contribution in [-0.2, 0) is 17.8 Å². The van der Waals surface area contributed by atoms with Crippen LogP contribution in [0.3, 0.4) is 0 Å². The second kappa shape index (κ2) is 9.27. The molecule has 2 aromatic heterocycles. The van der Waals surface area contributed by atoms with Crippen molar-refractivity contribution in [3.63, 3.8) is 0 Å². The van der Waals surface area contributed by atoms with E-state index in [1.165, 1.54) is 0 Å². The first-order valence-electron chi connectivity index (χ1n) is 8.70. The smallest absolute Gasteiger partial charge is 0.227 e. The minimum atomic E-state index is 0.0611. The largest absolute Gasteiger partial charge is 0.487 e. The minimum Gasteiger partial charge on any atom is -0.487 e. The lowest BCUT2D eigenvalue weighted by atomic mass is 10.1. The van der Waals surface area contributed by atoms with E-state index in [1.54, 1.807) is 31.6 Å². The molecule has 3 rings (SSSR count). The normalized spacial score (nSPS) is 11.1. The maximum atomic E-state index is 8.12. The van der Waals surface area contributed by atoms with Gasteiger partial charge in [0, 0.05) is 25.9 Å². The number of nitrogen functional groups attached to an aromatic ring is 1. The van der Waals surface area contributed by atoms with Crippen LogP contribution in [0.25, 0.3) is 0 Å². The molecule has 0 atom stereocenters. The molecule has 0 aliphatic carbocycles. The SMILES string of the molecule is C/N=C(\OC(=N)Cc1ccc(OCc2ccccn2)cc1)c1cccnc1N. The van der Waals surface area contributed by atoms with Crippen LogP contribution in [0.4, 0.5) is 5.82 Å².